The van der Waals surface area contributed by atoms with Gasteiger partial charge in [-0.2, -0.15) is 0 Å². The van der Waals surface area contributed by atoms with Gasteiger partial charge in [0.05, 0.1) is 28.8 Å². The minimum Gasteiger partial charge on any atom is -0.423 e. The summed E-state index contributed by atoms with van der Waals surface area (Å²) in [6, 6.07) is 37.7. The SMILES string of the molecule is Brc1cccc2c1ccc1cc3ccccc3cc12.COB(C)OC.[2H]c1c([2H])c([2H])c(-c2cccc3c2ccc2cc4ccccc4cc23)c([2H])c1[2H].[2H]c1c([2H])c([2H])c(B(O)O)c([2H])c1[2H].[2H]c1c([2H])c([2H])c(Br)c([2H])c1[2H].[2H]c1c([2H])c([2H])c([2H])c([2H])c1[2H]. The first kappa shape index (κ1) is 30.8. The number of halogens is 2. The largest absolute Gasteiger partial charge is 0.488 e. The van der Waals surface area contributed by atoms with Crippen molar-refractivity contribution in [2.75, 3.05) is 14.2 Å². The van der Waals surface area contributed by atoms with Gasteiger partial charge in [-0.25, -0.2) is 0 Å². The summed E-state index contributed by atoms with van der Waals surface area (Å²) in [7, 11) is 1.08. The van der Waals surface area contributed by atoms with E-state index in [1.165, 1.54) is 37.7 Å². The first-order valence-electron chi connectivity index (χ1n) is 32.1. The third kappa shape index (κ3) is 14.6. The van der Waals surface area contributed by atoms with E-state index in [1.54, 1.807) is 14.2 Å². The summed E-state index contributed by atoms with van der Waals surface area (Å²) in [4.78, 5) is 0. The maximum absolute atomic E-state index is 8.81. The van der Waals surface area contributed by atoms with Crippen molar-refractivity contribution >= 4 is 116 Å². The highest BCUT2D eigenvalue weighted by Gasteiger charge is 2.09. The second kappa shape index (κ2) is 26.9. The van der Waals surface area contributed by atoms with E-state index in [-0.39, 0.29) is 77.6 Å². The molecule has 12 aromatic carbocycles. The lowest BCUT2D eigenvalue weighted by Gasteiger charge is -2.10. The molecule has 0 aliphatic rings. The summed E-state index contributed by atoms with van der Waals surface area (Å²) in [6.07, 6.45) is 0. The lowest BCUT2D eigenvalue weighted by molar-refractivity contribution is 0.285. The van der Waals surface area contributed by atoms with E-state index in [9.17, 15) is 0 Å². The van der Waals surface area contributed by atoms with Crippen LogP contribution in [0.5, 0.6) is 0 Å². The zero-order valence-corrected chi connectivity index (χ0v) is 41.5. The summed E-state index contributed by atoms with van der Waals surface area (Å²) in [5, 5.41) is 31.8. The lowest BCUT2D eigenvalue weighted by atomic mass is 9.81. The molecule has 0 saturated carbocycles. The molecule has 0 aliphatic carbocycles. The molecule has 0 fully saturated rings. The van der Waals surface area contributed by atoms with Crippen molar-refractivity contribution in [3.05, 3.63) is 269 Å². The summed E-state index contributed by atoms with van der Waals surface area (Å²) in [5.74, 6) is 0. The summed E-state index contributed by atoms with van der Waals surface area (Å²) >= 11 is 6.55. The molecule has 0 radical (unpaired) electrons. The average Bonchev–Trinajstić information content (AvgIpc) is 0.758. The number of hydrogen-bond donors (Lipinski definition) is 2. The normalized spacial score (nSPS) is 14.4. The van der Waals surface area contributed by atoms with E-state index in [1.807, 2.05) is 49.3 Å². The Morgan fingerprint density at radius 1 is 0.394 bits per heavy atom. The quantitative estimate of drug-likeness (QED) is 0.105. The van der Waals surface area contributed by atoms with Crippen molar-refractivity contribution in [1.82, 2.24) is 0 Å². The first-order chi connectivity index (χ1) is 43.4. The fraction of sp³-hybridized carbons (Fsp3) is 0.0476. The highest BCUT2D eigenvalue weighted by atomic mass is 79.9. The molecule has 0 unspecified atom stereocenters. The maximum Gasteiger partial charge on any atom is 0.488 e. The Labute approximate surface area is 464 Å². The van der Waals surface area contributed by atoms with Crippen molar-refractivity contribution in [2.24, 2.45) is 0 Å². The molecule has 0 spiro atoms. The molecule has 0 bridgehead atoms. The Bertz CT molecular complexity index is 4480. The fourth-order valence-electron chi connectivity index (χ4n) is 7.04. The summed E-state index contributed by atoms with van der Waals surface area (Å²) in [6.45, 7) is 1.83. The molecule has 0 saturated heterocycles. The Morgan fingerprint density at radius 2 is 0.803 bits per heavy atom. The number of hydrogen-bond acceptors (Lipinski definition) is 4. The Balaban J connectivity index is 0.000000167. The van der Waals surface area contributed by atoms with Crippen LogP contribution in [0.1, 0.15) is 28.8 Å². The molecule has 8 heteroatoms. The van der Waals surface area contributed by atoms with Gasteiger partial charge in [-0.3, -0.25) is 0 Å². The predicted octanol–water partition coefficient (Wildman–Crippen LogP) is 16.6. The molecule has 12 rings (SSSR count). The predicted molar refractivity (Wildman–Crippen MR) is 314 cm³/mol. The monoisotopic (exact) mass is 1080 g/mol. The van der Waals surface area contributed by atoms with Crippen molar-refractivity contribution < 1.29 is 48.1 Å². The Hall–Kier alpha value is -6.87. The molecule has 0 aliphatic heterocycles. The van der Waals surface area contributed by atoms with Crippen LogP contribution < -0.4 is 5.46 Å². The minimum atomic E-state index is -2.07. The van der Waals surface area contributed by atoms with Crippen LogP contribution in [-0.2, 0) is 9.31 Å². The topological polar surface area (TPSA) is 58.9 Å². The molecule has 0 aromatic heterocycles. The number of fused-ring (bicyclic) bond motifs is 8. The zero-order valence-electron chi connectivity index (χ0n) is 59.3. The van der Waals surface area contributed by atoms with Crippen molar-refractivity contribution in [1.29, 1.82) is 0 Å². The fourth-order valence-corrected chi connectivity index (χ4v) is 7.73. The Morgan fingerprint density at radius 3 is 1.27 bits per heavy atom. The molecule has 71 heavy (non-hydrogen) atoms. The molecule has 0 atom stereocenters. The number of benzene rings is 12. The first-order valence-corrected chi connectivity index (χ1v) is 23.2. The van der Waals surface area contributed by atoms with Crippen LogP contribution in [-0.4, -0.2) is 38.5 Å². The average molecular weight is 1080 g/mol. The molecule has 12 aromatic rings. The second-order valence-electron chi connectivity index (χ2n) is 14.8. The molecule has 0 heterocycles. The smallest absolute Gasteiger partial charge is 0.423 e. The van der Waals surface area contributed by atoms with Gasteiger partial charge in [0.2, 0.25) is 0 Å². The summed E-state index contributed by atoms with van der Waals surface area (Å²) in [5.41, 5.74) is 0.382. The van der Waals surface area contributed by atoms with Crippen LogP contribution in [0, 0.1) is 0 Å². The highest BCUT2D eigenvalue weighted by Crippen LogP contribution is 2.35. The molecular formula is C63H54B2Br2O4. The maximum atomic E-state index is 8.81. The van der Waals surface area contributed by atoms with Crippen LogP contribution in [0.15, 0.2) is 269 Å². The van der Waals surface area contributed by atoms with Crippen molar-refractivity contribution in [3.63, 3.8) is 0 Å². The standard InChI is InChI=1S/C24H16.C18H11Br.C6H7BO2.C6H5Br.C6H6.C3H9BO2/c1-2-7-17(8-3-1)21-11-6-12-22-23(21)14-13-20-15-18-9-4-5-10-19(18)16-24(20)22;19-18-7-3-6-15-16(18)9-8-14-10-12-4-1-2-5-13(12)11-17(14)15;8-7(9)6-4-2-1-3-5-6;7-6-4-2-1-3-5-6;1-2-4-6-5-3-1;1-4(5-2)6-3/h1-16H;1-11H;1-5,8-9H;1-5H;1-6H;1-3H3/i1D,2D,3D,7D,8D;;2*1D,2D,3D,4D,5D;1D,2D,3D,4D,5D,6D;. The third-order valence-corrected chi connectivity index (χ3v) is 11.6. The van der Waals surface area contributed by atoms with E-state index >= 15 is 0 Å². The van der Waals surface area contributed by atoms with Crippen LogP contribution >= 0.6 is 31.9 Å². The van der Waals surface area contributed by atoms with Gasteiger partial charge < -0.3 is 19.4 Å². The highest BCUT2D eigenvalue weighted by molar-refractivity contribution is 9.11. The zero-order chi connectivity index (χ0) is 68.1. The van der Waals surface area contributed by atoms with E-state index in [2.05, 4.69) is 132 Å². The summed E-state index contributed by atoms with van der Waals surface area (Å²) < 4.78 is 166. The van der Waals surface area contributed by atoms with Crippen LogP contribution in [0.2, 0.25) is 6.82 Å². The van der Waals surface area contributed by atoms with Gasteiger partial charge in [0.15, 0.2) is 0 Å². The van der Waals surface area contributed by atoms with Gasteiger partial charge in [-0.15, -0.1) is 0 Å². The van der Waals surface area contributed by atoms with Crippen LogP contribution in [0.4, 0.5) is 0 Å². The van der Waals surface area contributed by atoms with E-state index in [4.69, 9.17) is 38.8 Å². The van der Waals surface area contributed by atoms with Gasteiger partial charge in [0.1, 0.15) is 0 Å². The van der Waals surface area contributed by atoms with E-state index < -0.39 is 79.0 Å². The molecule has 4 nitrogen and oxygen atoms in total. The van der Waals surface area contributed by atoms with Gasteiger partial charge in [0.25, 0.3) is 0 Å². The molecule has 350 valence electrons. The van der Waals surface area contributed by atoms with Crippen molar-refractivity contribution in [3.8, 4) is 11.1 Å². The molecular weight excluding hydrogens is 1000 g/mol. The van der Waals surface area contributed by atoms with Gasteiger partial charge in [-0.1, -0.05) is 250 Å². The molecule has 0 amide bonds. The lowest BCUT2D eigenvalue weighted by Crippen LogP contribution is -2.29. The van der Waals surface area contributed by atoms with E-state index in [0.717, 1.165) is 31.4 Å². The van der Waals surface area contributed by atoms with Crippen LogP contribution in [0.3, 0.4) is 0 Å². The van der Waals surface area contributed by atoms with Gasteiger partial charge in [-0.05, 0) is 130 Å². The van der Waals surface area contributed by atoms with E-state index in [0.29, 0.717) is 5.56 Å². The number of rotatable bonds is 4. The van der Waals surface area contributed by atoms with Gasteiger partial charge >= 0.3 is 14.2 Å². The second-order valence-corrected chi connectivity index (χ2v) is 16.5. The third-order valence-electron chi connectivity index (χ3n) is 10.5. The van der Waals surface area contributed by atoms with Gasteiger partial charge in [0, 0.05) is 23.2 Å². The molecule has 2 N–H and O–H groups in total. The van der Waals surface area contributed by atoms with Crippen LogP contribution in [0.25, 0.3) is 75.8 Å². The minimum absolute atomic E-state index is 0.0648. The van der Waals surface area contributed by atoms with Crippen molar-refractivity contribution in [2.45, 2.75) is 6.82 Å². The Kier molecular flexibility index (Phi) is 11.7.